The molecule has 0 spiro atoms. The lowest BCUT2D eigenvalue weighted by molar-refractivity contribution is 1.32. The van der Waals surface area contributed by atoms with Crippen molar-refractivity contribution in [2.45, 2.75) is 0 Å². The third-order valence-electron chi connectivity index (χ3n) is 12.7. The topological polar surface area (TPSA) is 17.3 Å². The van der Waals surface area contributed by atoms with Gasteiger partial charge in [-0.2, -0.15) is 0 Å². The Morgan fingerprint density at radius 2 is 0.847 bits per heavy atom. The van der Waals surface area contributed by atoms with E-state index in [9.17, 15) is 0 Å². The number of rotatable bonds is 3. The van der Waals surface area contributed by atoms with E-state index < -0.39 is 0 Å². The fraction of sp³-hybridized carbons (Fsp3) is 0. The fourth-order valence-electron chi connectivity index (χ4n) is 9.88. The molecule has 13 aromatic rings. The Bertz CT molecular complexity index is 3910. The second-order valence-corrected chi connectivity index (χ2v) is 15.9. The summed E-state index contributed by atoms with van der Waals surface area (Å²) >= 11 is 0. The third kappa shape index (κ3) is 4.84. The molecule has 11 aromatic carbocycles. The van der Waals surface area contributed by atoms with Gasteiger partial charge in [-0.1, -0.05) is 158 Å². The van der Waals surface area contributed by atoms with E-state index in [1.54, 1.807) is 0 Å². The first-order valence-electron chi connectivity index (χ1n) is 20.4. The van der Waals surface area contributed by atoms with Crippen molar-refractivity contribution in [1.29, 1.82) is 0 Å². The van der Waals surface area contributed by atoms with E-state index in [1.165, 1.54) is 97.8 Å². The van der Waals surface area contributed by atoms with Gasteiger partial charge in [-0.05, 0) is 141 Å². The number of benzene rings is 11. The zero-order chi connectivity index (χ0) is 38.6. The number of imidazole rings is 1. The van der Waals surface area contributed by atoms with E-state index in [2.05, 4.69) is 211 Å². The van der Waals surface area contributed by atoms with Crippen LogP contribution >= 0.6 is 0 Å². The average Bonchev–Trinajstić information content (AvgIpc) is 3.69. The van der Waals surface area contributed by atoms with Gasteiger partial charge in [-0.3, -0.25) is 4.40 Å². The first-order chi connectivity index (χ1) is 29.2. The molecule has 0 unspecified atom stereocenters. The van der Waals surface area contributed by atoms with E-state index in [0.717, 1.165) is 27.8 Å². The predicted molar refractivity (Wildman–Crippen MR) is 252 cm³/mol. The largest absolute Gasteiger partial charge is 0.292 e. The summed E-state index contributed by atoms with van der Waals surface area (Å²) in [6.45, 7) is 0. The molecule has 0 saturated heterocycles. The highest BCUT2D eigenvalue weighted by molar-refractivity contribution is 6.23. The maximum absolute atomic E-state index is 5.55. The zero-order valence-electron chi connectivity index (χ0n) is 32.0. The molecule has 0 radical (unpaired) electrons. The van der Waals surface area contributed by atoms with E-state index in [4.69, 9.17) is 4.98 Å². The van der Waals surface area contributed by atoms with Gasteiger partial charge in [-0.15, -0.1) is 0 Å². The molecule has 0 aliphatic carbocycles. The SMILES string of the molecule is c1ccc2cc(-c3cc(-c4ccc5c(c4)nc4c6c7ccccc7ccc6c6ccccc6n54)c(-c4ccc5ccccc5c4)c4cc5ccccc5cc34)ccc2c1. The molecular formula is C57H34N2. The van der Waals surface area contributed by atoms with Crippen LogP contribution < -0.4 is 0 Å². The highest BCUT2D eigenvalue weighted by Gasteiger charge is 2.21. The van der Waals surface area contributed by atoms with Gasteiger partial charge >= 0.3 is 0 Å². The Hall–Kier alpha value is -7.81. The van der Waals surface area contributed by atoms with Crippen molar-refractivity contribution >= 4 is 92.2 Å². The van der Waals surface area contributed by atoms with E-state index in [-0.39, 0.29) is 0 Å². The Morgan fingerprint density at radius 1 is 0.305 bits per heavy atom. The molecule has 272 valence electrons. The van der Waals surface area contributed by atoms with Gasteiger partial charge in [0.2, 0.25) is 0 Å². The van der Waals surface area contributed by atoms with Gasteiger partial charge in [0.1, 0.15) is 5.65 Å². The van der Waals surface area contributed by atoms with Crippen LogP contribution in [0, 0.1) is 0 Å². The third-order valence-corrected chi connectivity index (χ3v) is 12.7. The number of nitrogens with zero attached hydrogens (tertiary/aromatic N) is 2. The van der Waals surface area contributed by atoms with Crippen LogP contribution in [0.5, 0.6) is 0 Å². The summed E-state index contributed by atoms with van der Waals surface area (Å²) in [5.74, 6) is 0. The maximum atomic E-state index is 5.55. The normalized spacial score (nSPS) is 12.1. The van der Waals surface area contributed by atoms with Crippen molar-refractivity contribution in [3.05, 3.63) is 206 Å². The summed E-state index contributed by atoms with van der Waals surface area (Å²) in [6, 6.07) is 76.1. The number of fused-ring (bicyclic) bond motifs is 14. The van der Waals surface area contributed by atoms with Crippen molar-refractivity contribution in [1.82, 2.24) is 9.38 Å². The van der Waals surface area contributed by atoms with Crippen molar-refractivity contribution in [3.8, 4) is 33.4 Å². The van der Waals surface area contributed by atoms with Gasteiger partial charge in [0.25, 0.3) is 0 Å². The molecule has 59 heavy (non-hydrogen) atoms. The molecule has 0 bridgehead atoms. The smallest absolute Gasteiger partial charge is 0.147 e. The number of para-hydroxylation sites is 1. The monoisotopic (exact) mass is 746 g/mol. The minimum Gasteiger partial charge on any atom is -0.292 e. The van der Waals surface area contributed by atoms with Gasteiger partial charge in [0, 0.05) is 10.8 Å². The number of hydrogen-bond acceptors (Lipinski definition) is 1. The number of pyridine rings is 1. The number of aromatic nitrogens is 2. The average molecular weight is 747 g/mol. The molecule has 0 amide bonds. The van der Waals surface area contributed by atoms with Crippen molar-refractivity contribution < 1.29 is 0 Å². The van der Waals surface area contributed by atoms with E-state index in [0.29, 0.717) is 0 Å². The molecule has 0 atom stereocenters. The summed E-state index contributed by atoms with van der Waals surface area (Å²) in [7, 11) is 0. The lowest BCUT2D eigenvalue weighted by Gasteiger charge is -2.20. The van der Waals surface area contributed by atoms with Crippen LogP contribution in [0.1, 0.15) is 0 Å². The minimum absolute atomic E-state index is 0.975. The molecule has 0 aliphatic rings. The van der Waals surface area contributed by atoms with Crippen LogP contribution in [0.3, 0.4) is 0 Å². The molecule has 2 nitrogen and oxygen atoms in total. The van der Waals surface area contributed by atoms with Crippen molar-refractivity contribution in [2.24, 2.45) is 0 Å². The van der Waals surface area contributed by atoms with E-state index >= 15 is 0 Å². The standard InChI is InChI=1S/C57H34N2/c1-3-14-38-29-42(23-21-35(38)11-1)48-34-49(55(44-24-22-36-12-2-4-15-39(36)30-44)51-32-41-17-6-5-16-40(41)31-50(48)51)43-26-28-54-52(33-43)58-57-56-45-18-8-7-13-37(45)25-27-47(56)46-19-9-10-20-53(46)59(54)57/h1-34H. The lowest BCUT2D eigenvalue weighted by atomic mass is 9.84. The summed E-state index contributed by atoms with van der Waals surface area (Å²) in [5.41, 5.74) is 11.4. The van der Waals surface area contributed by atoms with Gasteiger partial charge in [0.05, 0.1) is 16.6 Å². The molecule has 0 N–H and O–H groups in total. The zero-order valence-corrected chi connectivity index (χ0v) is 32.0. The molecule has 2 heteroatoms. The molecular weight excluding hydrogens is 713 g/mol. The van der Waals surface area contributed by atoms with Gasteiger partial charge in [-0.25, -0.2) is 4.98 Å². The summed E-state index contributed by atoms with van der Waals surface area (Å²) < 4.78 is 2.38. The van der Waals surface area contributed by atoms with Crippen LogP contribution in [0.15, 0.2) is 206 Å². The predicted octanol–water partition coefficient (Wildman–Crippen LogP) is 15.6. The highest BCUT2D eigenvalue weighted by Crippen LogP contribution is 2.46. The number of hydrogen-bond donors (Lipinski definition) is 0. The van der Waals surface area contributed by atoms with Crippen LogP contribution in [-0.4, -0.2) is 9.38 Å². The summed E-state index contributed by atoms with van der Waals surface area (Å²) in [5, 5.41) is 15.9. The molecule has 0 saturated carbocycles. The molecule has 2 aromatic heterocycles. The first kappa shape index (κ1) is 32.3. The Morgan fingerprint density at radius 3 is 1.59 bits per heavy atom. The Labute approximate surface area is 339 Å². The minimum atomic E-state index is 0.975. The summed E-state index contributed by atoms with van der Waals surface area (Å²) in [4.78, 5) is 5.55. The Balaban J connectivity index is 1.16. The van der Waals surface area contributed by atoms with Crippen LogP contribution in [0.4, 0.5) is 0 Å². The summed E-state index contributed by atoms with van der Waals surface area (Å²) in [6.07, 6.45) is 0. The molecule has 13 rings (SSSR count). The highest BCUT2D eigenvalue weighted by atomic mass is 15.0. The maximum Gasteiger partial charge on any atom is 0.147 e. The quantitative estimate of drug-likeness (QED) is 0.130. The molecule has 2 heterocycles. The van der Waals surface area contributed by atoms with Gasteiger partial charge in [0.15, 0.2) is 0 Å². The molecule has 0 aliphatic heterocycles. The Kier molecular flexibility index (Phi) is 6.76. The van der Waals surface area contributed by atoms with Crippen LogP contribution in [0.2, 0.25) is 0 Å². The second kappa shape index (κ2) is 12.3. The molecule has 0 fully saturated rings. The fourth-order valence-corrected chi connectivity index (χ4v) is 9.88. The van der Waals surface area contributed by atoms with Crippen LogP contribution in [0.25, 0.3) is 126 Å². The van der Waals surface area contributed by atoms with Crippen molar-refractivity contribution in [2.75, 3.05) is 0 Å². The van der Waals surface area contributed by atoms with E-state index in [1.807, 2.05) is 0 Å². The van der Waals surface area contributed by atoms with Crippen molar-refractivity contribution in [3.63, 3.8) is 0 Å². The second-order valence-electron chi connectivity index (χ2n) is 15.9. The van der Waals surface area contributed by atoms with Crippen LogP contribution in [-0.2, 0) is 0 Å². The van der Waals surface area contributed by atoms with Gasteiger partial charge < -0.3 is 0 Å². The first-order valence-corrected chi connectivity index (χ1v) is 20.4. The lowest BCUT2D eigenvalue weighted by Crippen LogP contribution is -1.93.